The number of anilines is 2. The lowest BCUT2D eigenvalue weighted by Crippen LogP contribution is -2.30. The maximum atomic E-state index is 12.2. The highest BCUT2D eigenvalue weighted by atomic mass is 19.4. The predicted molar refractivity (Wildman–Crippen MR) is 97.4 cm³/mol. The maximum Gasteiger partial charge on any atom is 0.573 e. The van der Waals surface area contributed by atoms with Crippen LogP contribution in [-0.4, -0.2) is 30.2 Å². The number of carbonyl (C=O) groups is 3. The number of rotatable bonds is 6. The van der Waals surface area contributed by atoms with Gasteiger partial charge in [0.25, 0.3) is 5.91 Å². The van der Waals surface area contributed by atoms with Crippen molar-refractivity contribution < 1.29 is 37.0 Å². The molecule has 0 aromatic heterocycles. The first-order chi connectivity index (χ1) is 13.5. The summed E-state index contributed by atoms with van der Waals surface area (Å²) in [5, 5.41) is 4.94. The third-order valence-corrected chi connectivity index (χ3v) is 3.43. The minimum atomic E-state index is -4.81. The number of alkyl halides is 3. The van der Waals surface area contributed by atoms with Crippen LogP contribution in [0, 0.1) is 0 Å². The molecule has 2 rings (SSSR count). The van der Waals surface area contributed by atoms with Crippen molar-refractivity contribution in [1.82, 2.24) is 0 Å². The number of benzene rings is 2. The molecule has 1 unspecified atom stereocenters. The maximum absolute atomic E-state index is 12.2. The van der Waals surface area contributed by atoms with Crippen LogP contribution in [0.15, 0.2) is 48.5 Å². The Kier molecular flexibility index (Phi) is 6.81. The van der Waals surface area contributed by atoms with E-state index in [0.717, 1.165) is 12.1 Å². The highest BCUT2D eigenvalue weighted by Gasteiger charge is 2.31. The number of hydrogen-bond donors (Lipinski definition) is 2. The lowest BCUT2D eigenvalue weighted by molar-refractivity contribution is -0.274. The third-order valence-electron chi connectivity index (χ3n) is 3.43. The van der Waals surface area contributed by atoms with E-state index >= 15 is 0 Å². The van der Waals surface area contributed by atoms with Gasteiger partial charge in [-0.2, -0.15) is 0 Å². The fourth-order valence-corrected chi connectivity index (χ4v) is 2.19. The van der Waals surface area contributed by atoms with Crippen LogP contribution in [0.4, 0.5) is 24.5 Å². The largest absolute Gasteiger partial charge is 0.573 e. The first-order valence-corrected chi connectivity index (χ1v) is 8.29. The number of carbonyl (C=O) groups excluding carboxylic acids is 3. The molecule has 0 aliphatic carbocycles. The molecule has 0 saturated carbocycles. The monoisotopic (exact) mass is 410 g/mol. The number of nitrogens with one attached hydrogen (secondary N) is 2. The molecule has 0 saturated heterocycles. The Morgan fingerprint density at radius 1 is 0.966 bits per heavy atom. The van der Waals surface area contributed by atoms with Crippen molar-refractivity contribution in [3.8, 4) is 5.75 Å². The SMILES string of the molecule is CC(=O)Nc1cccc(C(=O)OC(C)C(=O)Nc2ccc(OC(F)(F)F)cc2)c1. The topological polar surface area (TPSA) is 93.7 Å². The van der Waals surface area contributed by atoms with E-state index in [0.29, 0.717) is 5.69 Å². The molecule has 0 aliphatic heterocycles. The minimum Gasteiger partial charge on any atom is -0.449 e. The van der Waals surface area contributed by atoms with Crippen LogP contribution >= 0.6 is 0 Å². The molecule has 2 N–H and O–H groups in total. The molecule has 0 bridgehead atoms. The molecule has 0 fully saturated rings. The Hall–Kier alpha value is -3.56. The first-order valence-electron chi connectivity index (χ1n) is 8.29. The summed E-state index contributed by atoms with van der Waals surface area (Å²) in [4.78, 5) is 35.4. The molecule has 2 aromatic carbocycles. The first kappa shape index (κ1) is 21.7. The van der Waals surface area contributed by atoms with Gasteiger partial charge in [0.1, 0.15) is 5.75 Å². The second-order valence-electron chi connectivity index (χ2n) is 5.87. The molecule has 2 amide bonds. The van der Waals surface area contributed by atoms with Gasteiger partial charge < -0.3 is 20.1 Å². The molecule has 29 heavy (non-hydrogen) atoms. The zero-order valence-electron chi connectivity index (χ0n) is 15.4. The second kappa shape index (κ2) is 9.09. The lowest BCUT2D eigenvalue weighted by atomic mass is 10.2. The molecule has 2 aromatic rings. The van der Waals surface area contributed by atoms with Gasteiger partial charge >= 0.3 is 12.3 Å². The van der Waals surface area contributed by atoms with Gasteiger partial charge in [-0.15, -0.1) is 13.2 Å². The van der Waals surface area contributed by atoms with E-state index in [1.165, 1.54) is 44.2 Å². The molecule has 0 aliphatic rings. The minimum absolute atomic E-state index is 0.129. The van der Waals surface area contributed by atoms with E-state index in [2.05, 4.69) is 15.4 Å². The van der Waals surface area contributed by atoms with E-state index in [1.54, 1.807) is 6.07 Å². The number of amides is 2. The highest BCUT2D eigenvalue weighted by Crippen LogP contribution is 2.24. The van der Waals surface area contributed by atoms with Crippen LogP contribution in [0.3, 0.4) is 0 Å². The lowest BCUT2D eigenvalue weighted by Gasteiger charge is -2.14. The highest BCUT2D eigenvalue weighted by molar-refractivity contribution is 5.98. The van der Waals surface area contributed by atoms with Crippen LogP contribution in [0.5, 0.6) is 5.75 Å². The van der Waals surface area contributed by atoms with E-state index in [-0.39, 0.29) is 17.2 Å². The van der Waals surface area contributed by atoms with Crippen LogP contribution in [0.25, 0.3) is 0 Å². The van der Waals surface area contributed by atoms with Gasteiger partial charge in [0.05, 0.1) is 5.56 Å². The number of halogens is 3. The van der Waals surface area contributed by atoms with Gasteiger partial charge in [0, 0.05) is 18.3 Å². The normalized spacial score (nSPS) is 11.9. The molecular formula is C19H17F3N2O5. The Bertz CT molecular complexity index is 897. The fourth-order valence-electron chi connectivity index (χ4n) is 2.19. The fraction of sp³-hybridized carbons (Fsp3) is 0.211. The van der Waals surface area contributed by atoms with Gasteiger partial charge in [-0.1, -0.05) is 6.07 Å². The number of esters is 1. The van der Waals surface area contributed by atoms with Crippen molar-refractivity contribution in [3.05, 3.63) is 54.1 Å². The summed E-state index contributed by atoms with van der Waals surface area (Å²) < 4.78 is 45.3. The van der Waals surface area contributed by atoms with E-state index in [1.807, 2.05) is 0 Å². The van der Waals surface area contributed by atoms with Crippen LogP contribution in [0.1, 0.15) is 24.2 Å². The van der Waals surface area contributed by atoms with Crippen LogP contribution in [-0.2, 0) is 14.3 Å². The van der Waals surface area contributed by atoms with Crippen molar-refractivity contribution in [2.75, 3.05) is 10.6 Å². The quantitative estimate of drug-likeness (QED) is 0.708. The predicted octanol–water partition coefficient (Wildman–Crippen LogP) is 3.73. The van der Waals surface area contributed by atoms with Crippen molar-refractivity contribution >= 4 is 29.2 Å². The third kappa shape index (κ3) is 7.17. The van der Waals surface area contributed by atoms with Crippen molar-refractivity contribution in [2.45, 2.75) is 26.3 Å². The van der Waals surface area contributed by atoms with Gasteiger partial charge in [-0.3, -0.25) is 9.59 Å². The van der Waals surface area contributed by atoms with Crippen molar-refractivity contribution in [3.63, 3.8) is 0 Å². The van der Waals surface area contributed by atoms with E-state index in [4.69, 9.17) is 4.74 Å². The summed E-state index contributed by atoms with van der Waals surface area (Å²) >= 11 is 0. The Morgan fingerprint density at radius 2 is 1.62 bits per heavy atom. The molecule has 1 atom stereocenters. The van der Waals surface area contributed by atoms with E-state index < -0.39 is 30.1 Å². The molecular weight excluding hydrogens is 393 g/mol. The Labute approximate surface area is 163 Å². The summed E-state index contributed by atoms with van der Waals surface area (Å²) in [6, 6.07) is 10.5. The average Bonchev–Trinajstić information content (AvgIpc) is 2.61. The van der Waals surface area contributed by atoms with Crippen LogP contribution < -0.4 is 15.4 Å². The van der Waals surface area contributed by atoms with Gasteiger partial charge in [-0.05, 0) is 49.4 Å². The van der Waals surface area contributed by atoms with Gasteiger partial charge in [-0.25, -0.2) is 4.79 Å². The second-order valence-corrected chi connectivity index (χ2v) is 5.87. The zero-order valence-corrected chi connectivity index (χ0v) is 15.4. The molecule has 0 radical (unpaired) electrons. The Morgan fingerprint density at radius 3 is 2.21 bits per heavy atom. The van der Waals surface area contributed by atoms with Gasteiger partial charge in [0.15, 0.2) is 6.10 Å². The zero-order chi connectivity index (χ0) is 21.6. The summed E-state index contributed by atoms with van der Waals surface area (Å²) in [5.41, 5.74) is 0.717. The molecule has 0 heterocycles. The van der Waals surface area contributed by atoms with E-state index in [9.17, 15) is 27.6 Å². The summed E-state index contributed by atoms with van der Waals surface area (Å²) in [7, 11) is 0. The van der Waals surface area contributed by atoms with Gasteiger partial charge in [0.2, 0.25) is 5.91 Å². The molecule has 7 nitrogen and oxygen atoms in total. The van der Waals surface area contributed by atoms with Crippen LogP contribution in [0.2, 0.25) is 0 Å². The van der Waals surface area contributed by atoms with Crippen molar-refractivity contribution in [1.29, 1.82) is 0 Å². The summed E-state index contributed by atoms with van der Waals surface area (Å²) in [5.74, 6) is -2.21. The van der Waals surface area contributed by atoms with Crippen molar-refractivity contribution in [2.24, 2.45) is 0 Å². The standard InChI is InChI=1S/C19H17F3N2O5/c1-11(28-18(27)13-4-3-5-15(10-13)23-12(2)25)17(26)24-14-6-8-16(9-7-14)29-19(20,21)22/h3-11H,1-2H3,(H,23,25)(H,24,26). The molecule has 154 valence electrons. The smallest absolute Gasteiger partial charge is 0.449 e. The molecule has 0 spiro atoms. The summed E-state index contributed by atoms with van der Waals surface area (Å²) in [6.45, 7) is 2.66. The summed E-state index contributed by atoms with van der Waals surface area (Å²) in [6.07, 6.45) is -6.00. The Balaban J connectivity index is 1.95. The average molecular weight is 410 g/mol. The number of hydrogen-bond acceptors (Lipinski definition) is 5. The number of ether oxygens (including phenoxy) is 2. The molecule has 10 heteroatoms.